The minimum Gasteiger partial charge on any atom is -0.478 e. The Morgan fingerprint density at radius 3 is 2.68 bits per heavy atom. The van der Waals surface area contributed by atoms with Gasteiger partial charge in [0.15, 0.2) is 0 Å². The summed E-state index contributed by atoms with van der Waals surface area (Å²) in [6, 6.07) is 5.51. The maximum atomic E-state index is 11.0. The average Bonchev–Trinajstić information content (AvgIpc) is 3.05. The van der Waals surface area contributed by atoms with Crippen molar-refractivity contribution in [1.82, 2.24) is 4.90 Å². The van der Waals surface area contributed by atoms with E-state index in [4.69, 9.17) is 5.11 Å². The molecule has 4 nitrogen and oxygen atoms in total. The fourth-order valence-corrected chi connectivity index (χ4v) is 3.10. The molecule has 0 amide bonds. The van der Waals surface area contributed by atoms with Crippen LogP contribution in [-0.2, 0) is 6.42 Å². The molecule has 2 aliphatic heterocycles. The molecule has 3 rings (SSSR count). The number of benzene rings is 1. The predicted octanol–water partition coefficient (Wildman–Crippen LogP) is 1.84. The summed E-state index contributed by atoms with van der Waals surface area (Å²) in [6.07, 6.45) is 3.63. The number of carboxylic acid groups (broad SMARTS) is 1. The van der Waals surface area contributed by atoms with Gasteiger partial charge in [0.2, 0.25) is 0 Å². The number of carbonyl (C=O) groups is 1. The maximum absolute atomic E-state index is 11.0. The van der Waals surface area contributed by atoms with Crippen molar-refractivity contribution in [3.63, 3.8) is 0 Å². The molecule has 0 aliphatic carbocycles. The third kappa shape index (κ3) is 2.59. The van der Waals surface area contributed by atoms with Crippen molar-refractivity contribution in [2.45, 2.75) is 19.3 Å². The average molecular weight is 260 g/mol. The number of rotatable bonds is 4. The van der Waals surface area contributed by atoms with Gasteiger partial charge in [-0.3, -0.25) is 0 Å². The molecule has 0 spiro atoms. The van der Waals surface area contributed by atoms with Crippen LogP contribution >= 0.6 is 0 Å². The molecule has 0 bridgehead atoms. The van der Waals surface area contributed by atoms with E-state index in [1.807, 2.05) is 12.1 Å². The first kappa shape index (κ1) is 12.5. The summed E-state index contributed by atoms with van der Waals surface area (Å²) in [7, 11) is 0. The SMILES string of the molecule is O=C(O)c1ccc2c(c1)CCN2CCN1CCCC1. The van der Waals surface area contributed by atoms with Gasteiger partial charge in [-0.15, -0.1) is 0 Å². The lowest BCUT2D eigenvalue weighted by Gasteiger charge is -2.23. The Morgan fingerprint density at radius 2 is 1.95 bits per heavy atom. The number of nitrogens with zero attached hydrogens (tertiary/aromatic N) is 2. The zero-order valence-electron chi connectivity index (χ0n) is 11.1. The zero-order chi connectivity index (χ0) is 13.2. The highest BCUT2D eigenvalue weighted by Crippen LogP contribution is 2.28. The monoisotopic (exact) mass is 260 g/mol. The molecule has 1 N–H and O–H groups in total. The van der Waals surface area contributed by atoms with Crippen LogP contribution in [0, 0.1) is 0 Å². The summed E-state index contributed by atoms with van der Waals surface area (Å²) < 4.78 is 0. The number of hydrogen-bond acceptors (Lipinski definition) is 3. The molecule has 0 aromatic heterocycles. The van der Waals surface area contributed by atoms with Gasteiger partial charge in [0, 0.05) is 25.3 Å². The Bertz CT molecular complexity index is 481. The van der Waals surface area contributed by atoms with Gasteiger partial charge in [0.05, 0.1) is 5.56 Å². The van der Waals surface area contributed by atoms with Crippen LogP contribution in [0.3, 0.4) is 0 Å². The van der Waals surface area contributed by atoms with Crippen molar-refractivity contribution in [1.29, 1.82) is 0 Å². The predicted molar refractivity (Wildman–Crippen MR) is 75.0 cm³/mol. The summed E-state index contributed by atoms with van der Waals surface area (Å²) in [5, 5.41) is 9.01. The second kappa shape index (κ2) is 5.21. The van der Waals surface area contributed by atoms with E-state index in [9.17, 15) is 4.79 Å². The molecule has 0 unspecified atom stereocenters. The first-order valence-electron chi connectivity index (χ1n) is 7.07. The second-order valence-electron chi connectivity index (χ2n) is 5.43. The molecule has 1 aromatic carbocycles. The van der Waals surface area contributed by atoms with E-state index in [0.717, 1.165) is 26.1 Å². The quantitative estimate of drug-likeness (QED) is 0.897. The van der Waals surface area contributed by atoms with Gasteiger partial charge in [-0.05, 0) is 56.1 Å². The number of fused-ring (bicyclic) bond motifs is 1. The van der Waals surface area contributed by atoms with Crippen LogP contribution in [0.25, 0.3) is 0 Å². The zero-order valence-corrected chi connectivity index (χ0v) is 11.1. The molecular weight excluding hydrogens is 240 g/mol. The second-order valence-corrected chi connectivity index (χ2v) is 5.43. The summed E-state index contributed by atoms with van der Waals surface area (Å²) in [4.78, 5) is 15.9. The number of aromatic carboxylic acids is 1. The molecule has 1 aromatic rings. The molecule has 0 saturated carbocycles. The smallest absolute Gasteiger partial charge is 0.335 e. The normalized spacial score (nSPS) is 18.8. The molecule has 2 aliphatic rings. The number of carboxylic acids is 1. The molecular formula is C15H20N2O2. The lowest BCUT2D eigenvalue weighted by Crippen LogP contribution is -2.32. The van der Waals surface area contributed by atoms with E-state index in [1.165, 1.54) is 37.2 Å². The van der Waals surface area contributed by atoms with Crippen molar-refractivity contribution in [2.24, 2.45) is 0 Å². The number of hydrogen-bond donors (Lipinski definition) is 1. The lowest BCUT2D eigenvalue weighted by atomic mass is 10.1. The van der Waals surface area contributed by atoms with Crippen molar-refractivity contribution >= 4 is 11.7 Å². The van der Waals surface area contributed by atoms with Gasteiger partial charge in [-0.1, -0.05) is 0 Å². The minimum atomic E-state index is -0.835. The van der Waals surface area contributed by atoms with E-state index in [0.29, 0.717) is 5.56 Å². The van der Waals surface area contributed by atoms with Crippen LogP contribution in [0.4, 0.5) is 5.69 Å². The number of anilines is 1. The Kier molecular flexibility index (Phi) is 3.42. The van der Waals surface area contributed by atoms with Crippen molar-refractivity contribution in [2.75, 3.05) is 37.6 Å². The highest BCUT2D eigenvalue weighted by atomic mass is 16.4. The van der Waals surface area contributed by atoms with E-state index in [1.54, 1.807) is 6.07 Å². The summed E-state index contributed by atoms with van der Waals surface area (Å²) in [5.74, 6) is -0.835. The maximum Gasteiger partial charge on any atom is 0.335 e. The molecule has 102 valence electrons. The van der Waals surface area contributed by atoms with Gasteiger partial charge in [0.25, 0.3) is 0 Å². The molecule has 0 atom stereocenters. The number of likely N-dealkylation sites (tertiary alicyclic amines) is 1. The Hall–Kier alpha value is -1.55. The first-order valence-corrected chi connectivity index (χ1v) is 7.07. The molecule has 0 radical (unpaired) electrons. The minimum absolute atomic E-state index is 0.403. The van der Waals surface area contributed by atoms with Gasteiger partial charge in [0.1, 0.15) is 0 Å². The third-order valence-corrected chi connectivity index (χ3v) is 4.20. The van der Waals surface area contributed by atoms with Gasteiger partial charge in [-0.25, -0.2) is 4.79 Å². The molecule has 1 fully saturated rings. The fraction of sp³-hybridized carbons (Fsp3) is 0.533. The highest BCUT2D eigenvalue weighted by Gasteiger charge is 2.21. The lowest BCUT2D eigenvalue weighted by molar-refractivity contribution is 0.0697. The molecule has 19 heavy (non-hydrogen) atoms. The largest absolute Gasteiger partial charge is 0.478 e. The third-order valence-electron chi connectivity index (χ3n) is 4.20. The highest BCUT2D eigenvalue weighted by molar-refractivity contribution is 5.88. The van der Waals surface area contributed by atoms with E-state index in [2.05, 4.69) is 9.80 Å². The van der Waals surface area contributed by atoms with E-state index >= 15 is 0 Å². The molecule has 2 heterocycles. The first-order chi connectivity index (χ1) is 9.24. The fourth-order valence-electron chi connectivity index (χ4n) is 3.10. The van der Waals surface area contributed by atoms with Crippen LogP contribution in [-0.4, -0.2) is 48.7 Å². The summed E-state index contributed by atoms with van der Waals surface area (Å²) in [6.45, 7) is 5.67. The van der Waals surface area contributed by atoms with E-state index < -0.39 is 5.97 Å². The summed E-state index contributed by atoms with van der Waals surface area (Å²) >= 11 is 0. The standard InChI is InChI=1S/C15H20N2O2/c18-15(19)13-3-4-14-12(11-13)5-8-17(14)10-9-16-6-1-2-7-16/h3-4,11H,1-2,5-10H2,(H,18,19). The van der Waals surface area contributed by atoms with Crippen LogP contribution in [0.1, 0.15) is 28.8 Å². The van der Waals surface area contributed by atoms with Gasteiger partial charge in [-0.2, -0.15) is 0 Å². The summed E-state index contributed by atoms with van der Waals surface area (Å²) in [5.41, 5.74) is 2.81. The Balaban J connectivity index is 1.66. The van der Waals surface area contributed by atoms with Crippen molar-refractivity contribution in [3.05, 3.63) is 29.3 Å². The Labute approximate surface area is 113 Å². The van der Waals surface area contributed by atoms with E-state index in [-0.39, 0.29) is 0 Å². The molecule has 1 saturated heterocycles. The Morgan fingerprint density at radius 1 is 1.16 bits per heavy atom. The van der Waals surface area contributed by atoms with Gasteiger partial charge >= 0.3 is 5.97 Å². The van der Waals surface area contributed by atoms with Crippen LogP contribution in [0.15, 0.2) is 18.2 Å². The molecule has 4 heteroatoms. The van der Waals surface area contributed by atoms with Crippen LogP contribution in [0.2, 0.25) is 0 Å². The topological polar surface area (TPSA) is 43.8 Å². The van der Waals surface area contributed by atoms with Crippen LogP contribution < -0.4 is 4.90 Å². The van der Waals surface area contributed by atoms with Gasteiger partial charge < -0.3 is 14.9 Å². The van der Waals surface area contributed by atoms with Crippen LogP contribution in [0.5, 0.6) is 0 Å². The van der Waals surface area contributed by atoms with Crippen molar-refractivity contribution in [3.8, 4) is 0 Å². The van der Waals surface area contributed by atoms with Crippen molar-refractivity contribution < 1.29 is 9.90 Å².